The van der Waals surface area contributed by atoms with E-state index in [0.29, 0.717) is 0 Å². The first-order valence-electron chi connectivity index (χ1n) is 5.48. The van der Waals surface area contributed by atoms with Gasteiger partial charge in [0.1, 0.15) is 16.3 Å². The van der Waals surface area contributed by atoms with Crippen LogP contribution in [0.3, 0.4) is 0 Å². The highest BCUT2D eigenvalue weighted by atomic mass is 79.9. The lowest BCUT2D eigenvalue weighted by molar-refractivity contribution is -0.151. The Bertz CT molecular complexity index is 670. The molecule has 122 valence electrons. The summed E-state index contributed by atoms with van der Waals surface area (Å²) in [6.07, 6.45) is 0. The normalized spacial score (nSPS) is 13.3. The number of rotatable bonds is 5. The monoisotopic (exact) mass is 402 g/mol. The van der Waals surface area contributed by atoms with Crippen molar-refractivity contribution in [2.24, 2.45) is 0 Å². The molecular weight excluding hydrogens is 394 g/mol. The van der Waals surface area contributed by atoms with Crippen molar-refractivity contribution in [2.75, 3.05) is 0 Å². The van der Waals surface area contributed by atoms with Crippen molar-refractivity contribution in [2.45, 2.75) is 17.0 Å². The number of esters is 2. The quantitative estimate of drug-likeness (QED) is 0.346. The fraction of sp³-hybridized carbons (Fsp3) is 0.273. The minimum absolute atomic E-state index is 0.0534. The molecule has 0 fully saturated rings. The second-order valence-electron chi connectivity index (χ2n) is 3.89. The van der Waals surface area contributed by atoms with Crippen molar-refractivity contribution in [1.82, 2.24) is 0 Å². The lowest BCUT2D eigenvalue weighted by Crippen LogP contribution is -2.40. The zero-order chi connectivity index (χ0) is 17.1. The topological polar surface area (TPSA) is 107 Å². The number of hydrogen-bond acceptors (Lipinski definition) is 6. The molecule has 0 aliphatic carbocycles. The van der Waals surface area contributed by atoms with Crippen LogP contribution in [0.25, 0.3) is 0 Å². The third kappa shape index (κ3) is 4.45. The van der Waals surface area contributed by atoms with E-state index in [4.69, 9.17) is 9.29 Å². The Hall–Kier alpha value is -1.59. The van der Waals surface area contributed by atoms with E-state index < -0.39 is 37.9 Å². The number of carbonyl (C=O) groups is 2. The molecule has 0 amide bonds. The van der Waals surface area contributed by atoms with Gasteiger partial charge in [0.2, 0.25) is 0 Å². The maximum atomic E-state index is 13.0. The first-order valence-corrected chi connectivity index (χ1v) is 7.83. The highest BCUT2D eigenvalue weighted by Crippen LogP contribution is 2.25. The first kappa shape index (κ1) is 18.5. The van der Waals surface area contributed by atoms with Crippen LogP contribution < -0.4 is 9.47 Å². The summed E-state index contributed by atoms with van der Waals surface area (Å²) in [5.41, 5.74) is 0. The molecule has 22 heavy (non-hydrogen) atoms. The van der Waals surface area contributed by atoms with Crippen molar-refractivity contribution < 1.29 is 40.8 Å². The van der Waals surface area contributed by atoms with Gasteiger partial charge in [0.15, 0.2) is 0 Å². The van der Waals surface area contributed by atoms with Crippen molar-refractivity contribution >= 4 is 38.0 Å². The van der Waals surface area contributed by atoms with Crippen LogP contribution in [0, 0.1) is 0 Å². The van der Waals surface area contributed by atoms with Gasteiger partial charge >= 0.3 is 27.3 Å². The average molecular weight is 403 g/mol. The van der Waals surface area contributed by atoms with E-state index in [1.54, 1.807) is 0 Å². The number of hydrogen-bond donors (Lipinski definition) is 1. The third-order valence-corrected chi connectivity index (χ3v) is 3.33. The number of ether oxygens (including phenoxy) is 2. The van der Waals surface area contributed by atoms with Crippen LogP contribution >= 0.6 is 15.9 Å². The Balaban J connectivity index is 2.81. The van der Waals surface area contributed by atoms with Gasteiger partial charge < -0.3 is 9.47 Å². The zero-order valence-corrected chi connectivity index (χ0v) is 13.2. The molecule has 0 heterocycles. The van der Waals surface area contributed by atoms with E-state index >= 15 is 0 Å². The Morgan fingerprint density at radius 2 is 1.59 bits per heavy atom. The van der Waals surface area contributed by atoms with Gasteiger partial charge in [0.25, 0.3) is 0 Å². The standard InChI is InChI=1S/C11H9BrF2O7S/c1-6(12)9(15)20-7-2-4-8(5-3-7)21-10(16)11(13,14)22(17,18)19/h2-6H,1H3,(H,17,18,19). The molecular formula is C11H9BrF2O7S. The summed E-state index contributed by atoms with van der Waals surface area (Å²) >= 11 is 2.98. The van der Waals surface area contributed by atoms with Gasteiger partial charge in [-0.3, -0.25) is 9.35 Å². The molecule has 0 aliphatic rings. The average Bonchev–Trinajstić information content (AvgIpc) is 2.39. The summed E-state index contributed by atoms with van der Waals surface area (Å²) in [4.78, 5) is 21.7. The van der Waals surface area contributed by atoms with Gasteiger partial charge in [-0.1, -0.05) is 15.9 Å². The molecule has 0 radical (unpaired) electrons. The number of alkyl halides is 3. The number of carbonyl (C=O) groups excluding carboxylic acids is 2. The largest absolute Gasteiger partial charge is 0.466 e. The predicted molar refractivity (Wildman–Crippen MR) is 72.6 cm³/mol. The molecule has 0 aliphatic heterocycles. The fourth-order valence-corrected chi connectivity index (χ4v) is 1.39. The predicted octanol–water partition coefficient (Wildman–Crippen LogP) is 1.76. The molecule has 11 heteroatoms. The first-order chi connectivity index (χ1) is 9.95. The summed E-state index contributed by atoms with van der Waals surface area (Å²) < 4.78 is 63.9. The van der Waals surface area contributed by atoms with Crippen LogP contribution in [0.1, 0.15) is 6.92 Å². The van der Waals surface area contributed by atoms with E-state index in [1.165, 1.54) is 6.92 Å². The molecule has 1 atom stereocenters. The van der Waals surface area contributed by atoms with Crippen LogP contribution in [-0.2, 0) is 19.7 Å². The highest BCUT2D eigenvalue weighted by molar-refractivity contribution is 9.10. The molecule has 0 aromatic heterocycles. The molecule has 1 aromatic carbocycles. The number of halogens is 3. The maximum absolute atomic E-state index is 13.0. The van der Waals surface area contributed by atoms with Gasteiger partial charge in [-0.2, -0.15) is 17.2 Å². The van der Waals surface area contributed by atoms with Crippen LogP contribution in [-0.4, -0.2) is 35.0 Å². The van der Waals surface area contributed by atoms with E-state index in [9.17, 15) is 26.8 Å². The van der Waals surface area contributed by atoms with Crippen LogP contribution in [0.2, 0.25) is 0 Å². The van der Waals surface area contributed by atoms with E-state index in [1.807, 2.05) is 0 Å². The SMILES string of the molecule is CC(Br)C(=O)Oc1ccc(OC(=O)C(F)(F)S(=O)(=O)O)cc1. The molecule has 1 N–H and O–H groups in total. The Labute approximate surface area is 132 Å². The van der Waals surface area contributed by atoms with E-state index in [0.717, 1.165) is 24.3 Å². The Kier molecular flexibility index (Phi) is 5.59. The molecule has 1 aromatic rings. The third-order valence-electron chi connectivity index (χ3n) is 2.14. The van der Waals surface area contributed by atoms with Gasteiger partial charge in [-0.05, 0) is 31.2 Å². The second kappa shape index (κ2) is 6.67. The van der Waals surface area contributed by atoms with E-state index in [2.05, 4.69) is 20.7 Å². The van der Waals surface area contributed by atoms with Crippen LogP contribution in [0.15, 0.2) is 24.3 Å². The van der Waals surface area contributed by atoms with E-state index in [-0.39, 0.29) is 5.75 Å². The Morgan fingerprint density at radius 1 is 1.18 bits per heavy atom. The van der Waals surface area contributed by atoms with Crippen LogP contribution in [0.4, 0.5) is 8.78 Å². The van der Waals surface area contributed by atoms with Crippen molar-refractivity contribution in [3.8, 4) is 11.5 Å². The zero-order valence-electron chi connectivity index (χ0n) is 10.8. The summed E-state index contributed by atoms with van der Waals surface area (Å²) in [5, 5.41) is -5.09. The molecule has 7 nitrogen and oxygen atoms in total. The highest BCUT2D eigenvalue weighted by Gasteiger charge is 2.54. The minimum Gasteiger partial charge on any atom is -0.426 e. The molecule has 0 spiro atoms. The van der Waals surface area contributed by atoms with Crippen molar-refractivity contribution in [3.05, 3.63) is 24.3 Å². The molecule has 0 bridgehead atoms. The van der Waals surface area contributed by atoms with Gasteiger partial charge in [-0.25, -0.2) is 4.79 Å². The summed E-state index contributed by atoms with van der Waals surface area (Å²) in [6, 6.07) is 4.28. The van der Waals surface area contributed by atoms with Gasteiger partial charge in [0, 0.05) is 0 Å². The molecule has 1 unspecified atom stereocenters. The van der Waals surface area contributed by atoms with Gasteiger partial charge in [0.05, 0.1) is 0 Å². The van der Waals surface area contributed by atoms with Crippen molar-refractivity contribution in [1.29, 1.82) is 0 Å². The number of benzene rings is 1. The minimum atomic E-state index is -5.94. The summed E-state index contributed by atoms with van der Waals surface area (Å²) in [5.74, 6) is -3.45. The molecule has 0 saturated carbocycles. The summed E-state index contributed by atoms with van der Waals surface area (Å²) in [7, 11) is -5.94. The molecule has 1 rings (SSSR count). The summed E-state index contributed by atoms with van der Waals surface area (Å²) in [6.45, 7) is 1.52. The smallest absolute Gasteiger partial charge is 0.426 e. The van der Waals surface area contributed by atoms with Crippen LogP contribution in [0.5, 0.6) is 11.5 Å². The Morgan fingerprint density at radius 3 is 1.95 bits per heavy atom. The lowest BCUT2D eigenvalue weighted by atomic mass is 10.3. The van der Waals surface area contributed by atoms with Crippen molar-refractivity contribution in [3.63, 3.8) is 0 Å². The second-order valence-corrected chi connectivity index (χ2v) is 6.73. The van der Waals surface area contributed by atoms with Gasteiger partial charge in [-0.15, -0.1) is 0 Å². The lowest BCUT2D eigenvalue weighted by Gasteiger charge is -2.12. The fourth-order valence-electron chi connectivity index (χ4n) is 1.04. The maximum Gasteiger partial charge on any atom is 0.466 e. The molecule has 0 saturated heterocycles.